The van der Waals surface area contributed by atoms with E-state index in [4.69, 9.17) is 16.7 Å². The molecule has 0 bridgehead atoms. The van der Waals surface area contributed by atoms with Crippen molar-refractivity contribution in [2.75, 3.05) is 23.4 Å². The number of hydrogen-bond acceptors (Lipinski definition) is 4. The molecular formula is C15H19ClN2O4S. The molecule has 0 aliphatic carbocycles. The molecule has 0 saturated carbocycles. The number of halogens is 1. The second kappa shape index (κ2) is 9.42. The van der Waals surface area contributed by atoms with Crippen LogP contribution in [-0.2, 0) is 9.59 Å². The number of thioether (sulfide) groups is 1. The van der Waals surface area contributed by atoms with Gasteiger partial charge in [-0.1, -0.05) is 25.4 Å². The van der Waals surface area contributed by atoms with Gasteiger partial charge in [-0.2, -0.15) is 0 Å². The van der Waals surface area contributed by atoms with Crippen molar-refractivity contribution in [3.05, 3.63) is 28.8 Å². The van der Waals surface area contributed by atoms with Gasteiger partial charge in [-0.15, -0.1) is 11.8 Å². The molecule has 1 aromatic rings. The Morgan fingerprint density at radius 3 is 2.52 bits per heavy atom. The minimum absolute atomic E-state index is 0.0283. The highest BCUT2D eigenvalue weighted by Crippen LogP contribution is 2.21. The molecule has 1 aromatic carbocycles. The summed E-state index contributed by atoms with van der Waals surface area (Å²) in [5.74, 6) is -1.34. The van der Waals surface area contributed by atoms with Crippen LogP contribution >= 0.6 is 23.4 Å². The number of carbonyl (C=O) groups excluding carboxylic acids is 2. The van der Waals surface area contributed by atoms with Crippen LogP contribution in [0.4, 0.5) is 5.69 Å². The molecule has 8 heteroatoms. The van der Waals surface area contributed by atoms with Crippen molar-refractivity contribution in [1.29, 1.82) is 0 Å². The van der Waals surface area contributed by atoms with E-state index in [2.05, 4.69) is 10.6 Å². The van der Waals surface area contributed by atoms with Gasteiger partial charge in [0, 0.05) is 12.2 Å². The van der Waals surface area contributed by atoms with Crippen LogP contribution in [0.25, 0.3) is 0 Å². The number of rotatable bonds is 8. The molecule has 126 valence electrons. The van der Waals surface area contributed by atoms with Crippen LogP contribution in [-0.4, -0.2) is 40.9 Å². The smallest absolute Gasteiger partial charge is 0.313 e. The number of amides is 2. The molecular weight excluding hydrogens is 340 g/mol. The van der Waals surface area contributed by atoms with Crippen molar-refractivity contribution in [3.8, 4) is 0 Å². The molecule has 2 amide bonds. The highest BCUT2D eigenvalue weighted by atomic mass is 35.5. The van der Waals surface area contributed by atoms with E-state index in [-0.39, 0.29) is 28.3 Å². The lowest BCUT2D eigenvalue weighted by molar-refractivity contribution is -0.133. The van der Waals surface area contributed by atoms with E-state index >= 15 is 0 Å². The van der Waals surface area contributed by atoms with E-state index in [0.29, 0.717) is 23.7 Å². The predicted octanol–water partition coefficient (Wildman–Crippen LogP) is 2.48. The number of nitrogens with one attached hydrogen (secondary N) is 2. The number of carboxylic acid groups (broad SMARTS) is 1. The van der Waals surface area contributed by atoms with Crippen LogP contribution in [0.5, 0.6) is 0 Å². The summed E-state index contributed by atoms with van der Waals surface area (Å²) in [5.41, 5.74) is 0.793. The molecule has 0 atom stereocenters. The zero-order valence-electron chi connectivity index (χ0n) is 12.9. The number of anilines is 1. The number of carbonyl (C=O) groups is 3. The number of carboxylic acids is 1. The Labute approximate surface area is 144 Å². The molecule has 0 radical (unpaired) electrons. The lowest BCUT2D eigenvalue weighted by Gasteiger charge is -2.10. The van der Waals surface area contributed by atoms with Gasteiger partial charge in [0.25, 0.3) is 5.91 Å². The van der Waals surface area contributed by atoms with Gasteiger partial charge in [0.2, 0.25) is 5.91 Å². The molecule has 6 nitrogen and oxygen atoms in total. The van der Waals surface area contributed by atoms with Gasteiger partial charge in [-0.05, 0) is 24.1 Å². The maximum absolute atomic E-state index is 12.0. The van der Waals surface area contributed by atoms with Crippen molar-refractivity contribution < 1.29 is 19.5 Å². The zero-order chi connectivity index (χ0) is 17.4. The van der Waals surface area contributed by atoms with Gasteiger partial charge in [-0.3, -0.25) is 14.4 Å². The minimum Gasteiger partial charge on any atom is -0.481 e. The largest absolute Gasteiger partial charge is 0.481 e. The molecule has 0 saturated heterocycles. The van der Waals surface area contributed by atoms with Gasteiger partial charge < -0.3 is 15.7 Å². The van der Waals surface area contributed by atoms with Crippen molar-refractivity contribution in [2.45, 2.75) is 13.8 Å². The topological polar surface area (TPSA) is 95.5 Å². The van der Waals surface area contributed by atoms with E-state index in [1.54, 1.807) is 6.07 Å². The van der Waals surface area contributed by atoms with Gasteiger partial charge >= 0.3 is 5.97 Å². The summed E-state index contributed by atoms with van der Waals surface area (Å²) in [4.78, 5) is 34.0. The van der Waals surface area contributed by atoms with Crippen molar-refractivity contribution in [2.24, 2.45) is 5.92 Å². The third-order valence-corrected chi connectivity index (χ3v) is 3.86. The van der Waals surface area contributed by atoms with Crippen LogP contribution in [0.15, 0.2) is 18.2 Å². The fourth-order valence-corrected chi connectivity index (χ4v) is 2.40. The third-order valence-electron chi connectivity index (χ3n) is 2.63. The second-order valence-corrected chi connectivity index (χ2v) is 6.63. The van der Waals surface area contributed by atoms with Crippen LogP contribution in [0.1, 0.15) is 24.2 Å². The first-order chi connectivity index (χ1) is 10.8. The van der Waals surface area contributed by atoms with Gasteiger partial charge in [0.1, 0.15) is 0 Å². The van der Waals surface area contributed by atoms with E-state index in [9.17, 15) is 14.4 Å². The quantitative estimate of drug-likeness (QED) is 0.663. The Bertz CT molecular complexity index is 593. The molecule has 0 spiro atoms. The summed E-state index contributed by atoms with van der Waals surface area (Å²) in [5, 5.41) is 14.1. The molecule has 0 fully saturated rings. The lowest BCUT2D eigenvalue weighted by atomic mass is 10.1. The first kappa shape index (κ1) is 19.3. The predicted molar refractivity (Wildman–Crippen MR) is 92.2 cm³/mol. The number of benzene rings is 1. The van der Waals surface area contributed by atoms with Crippen molar-refractivity contribution in [1.82, 2.24) is 5.32 Å². The van der Waals surface area contributed by atoms with Crippen LogP contribution < -0.4 is 10.6 Å². The molecule has 23 heavy (non-hydrogen) atoms. The van der Waals surface area contributed by atoms with E-state index in [1.807, 2.05) is 13.8 Å². The fourth-order valence-electron chi connectivity index (χ4n) is 1.60. The summed E-state index contributed by atoms with van der Waals surface area (Å²) in [6.07, 6.45) is 0. The summed E-state index contributed by atoms with van der Waals surface area (Å²) in [6, 6.07) is 4.61. The minimum atomic E-state index is -0.970. The fraction of sp³-hybridized carbons (Fsp3) is 0.400. The van der Waals surface area contributed by atoms with Crippen LogP contribution in [0.3, 0.4) is 0 Å². The molecule has 0 aliphatic heterocycles. The summed E-state index contributed by atoms with van der Waals surface area (Å²) >= 11 is 7.08. The van der Waals surface area contributed by atoms with Gasteiger partial charge in [0.15, 0.2) is 0 Å². The maximum Gasteiger partial charge on any atom is 0.313 e. The van der Waals surface area contributed by atoms with E-state index in [1.165, 1.54) is 12.1 Å². The molecule has 3 N–H and O–H groups in total. The number of hydrogen-bond donors (Lipinski definition) is 3. The van der Waals surface area contributed by atoms with Crippen LogP contribution in [0, 0.1) is 5.92 Å². The van der Waals surface area contributed by atoms with Gasteiger partial charge in [-0.25, -0.2) is 0 Å². The highest BCUT2D eigenvalue weighted by molar-refractivity contribution is 8.00. The van der Waals surface area contributed by atoms with Crippen LogP contribution in [0.2, 0.25) is 5.02 Å². The second-order valence-electron chi connectivity index (χ2n) is 5.23. The Morgan fingerprint density at radius 1 is 1.26 bits per heavy atom. The monoisotopic (exact) mass is 358 g/mol. The Morgan fingerprint density at radius 2 is 1.96 bits per heavy atom. The molecule has 1 rings (SSSR count). The SMILES string of the molecule is CC(C)CNC(=O)c1ccc(NC(=O)CSCC(=O)O)cc1Cl. The molecule has 0 heterocycles. The standard InChI is InChI=1S/C15H19ClN2O4S/c1-9(2)6-17-15(22)11-4-3-10(5-12(11)16)18-13(19)7-23-8-14(20)21/h3-5,9H,6-8H2,1-2H3,(H,17,22)(H,18,19)(H,20,21). The maximum atomic E-state index is 12.0. The normalized spacial score (nSPS) is 10.4. The molecule has 0 aliphatic rings. The van der Waals surface area contributed by atoms with E-state index < -0.39 is 5.97 Å². The molecule has 0 unspecified atom stereocenters. The van der Waals surface area contributed by atoms with E-state index in [0.717, 1.165) is 11.8 Å². The first-order valence-corrected chi connectivity index (χ1v) is 8.50. The first-order valence-electron chi connectivity index (χ1n) is 6.96. The van der Waals surface area contributed by atoms with Crippen molar-refractivity contribution >= 4 is 46.8 Å². The van der Waals surface area contributed by atoms with Gasteiger partial charge in [0.05, 0.1) is 22.1 Å². The lowest BCUT2D eigenvalue weighted by Crippen LogP contribution is -2.27. The summed E-state index contributed by atoms with van der Waals surface area (Å²) in [6.45, 7) is 4.53. The molecule has 0 aromatic heterocycles. The number of aliphatic carboxylic acids is 1. The third kappa shape index (κ3) is 7.38. The summed E-state index contributed by atoms with van der Waals surface area (Å²) < 4.78 is 0. The van der Waals surface area contributed by atoms with Crippen molar-refractivity contribution in [3.63, 3.8) is 0 Å². The Balaban J connectivity index is 2.60. The average molecular weight is 359 g/mol. The Hall–Kier alpha value is -1.73. The zero-order valence-corrected chi connectivity index (χ0v) is 14.5. The average Bonchev–Trinajstić information content (AvgIpc) is 2.44. The Kier molecular flexibility index (Phi) is 7.91. The summed E-state index contributed by atoms with van der Waals surface area (Å²) in [7, 11) is 0. The highest BCUT2D eigenvalue weighted by Gasteiger charge is 2.12.